The van der Waals surface area contributed by atoms with Crippen LogP contribution in [0.3, 0.4) is 0 Å². The summed E-state index contributed by atoms with van der Waals surface area (Å²) in [6.45, 7) is 7.52. The van der Waals surface area contributed by atoms with Crippen LogP contribution >= 0.6 is 0 Å². The highest BCUT2D eigenvalue weighted by molar-refractivity contribution is 5.27. The number of hydrogen-bond acceptors (Lipinski definition) is 3. The molecule has 3 nitrogen and oxygen atoms in total. The first-order valence-corrected chi connectivity index (χ1v) is 7.02. The molecule has 1 unspecified atom stereocenters. The van der Waals surface area contributed by atoms with Gasteiger partial charge in [-0.2, -0.15) is 0 Å². The largest absolute Gasteiger partial charge is 0.490 e. The van der Waals surface area contributed by atoms with Gasteiger partial charge in [-0.1, -0.05) is 24.8 Å². The first-order chi connectivity index (χ1) is 9.28. The minimum Gasteiger partial charge on any atom is -0.490 e. The Balaban J connectivity index is 1.77. The molecule has 1 fully saturated rings. The number of likely N-dealkylation sites (tertiary alicyclic amines) is 1. The van der Waals surface area contributed by atoms with Gasteiger partial charge in [0.15, 0.2) is 0 Å². The van der Waals surface area contributed by atoms with Crippen LogP contribution in [0.4, 0.5) is 0 Å². The predicted octanol–water partition coefficient (Wildman–Crippen LogP) is 2.44. The van der Waals surface area contributed by atoms with E-state index in [1.807, 2.05) is 12.1 Å². The first-order valence-electron chi connectivity index (χ1n) is 7.02. The number of piperidine rings is 1. The van der Waals surface area contributed by atoms with Crippen LogP contribution in [0.5, 0.6) is 5.75 Å². The van der Waals surface area contributed by atoms with Gasteiger partial charge in [-0.25, -0.2) is 0 Å². The number of rotatable bonds is 6. The zero-order chi connectivity index (χ0) is 13.5. The van der Waals surface area contributed by atoms with E-state index in [4.69, 9.17) is 4.74 Å². The van der Waals surface area contributed by atoms with E-state index < -0.39 is 0 Å². The highest BCUT2D eigenvalue weighted by atomic mass is 16.5. The molecule has 0 radical (unpaired) electrons. The van der Waals surface area contributed by atoms with Gasteiger partial charge in [0, 0.05) is 19.1 Å². The lowest BCUT2D eigenvalue weighted by Crippen LogP contribution is -2.43. The Labute approximate surface area is 116 Å². The lowest BCUT2D eigenvalue weighted by atomic mass is 10.1. The van der Waals surface area contributed by atoms with Crippen molar-refractivity contribution in [1.82, 2.24) is 10.2 Å². The van der Waals surface area contributed by atoms with Crippen LogP contribution in [0, 0.1) is 0 Å². The van der Waals surface area contributed by atoms with E-state index in [2.05, 4.69) is 36.0 Å². The van der Waals surface area contributed by atoms with Gasteiger partial charge >= 0.3 is 0 Å². The Morgan fingerprint density at radius 3 is 2.89 bits per heavy atom. The Bertz CT molecular complexity index is 388. The second-order valence-corrected chi connectivity index (χ2v) is 5.23. The third-order valence-electron chi connectivity index (χ3n) is 3.51. The quantitative estimate of drug-likeness (QED) is 0.795. The minimum atomic E-state index is 0.562. The molecule has 0 spiro atoms. The smallest absolute Gasteiger partial charge is 0.119 e. The molecule has 1 aliphatic heterocycles. The molecule has 0 amide bonds. The molecule has 2 rings (SSSR count). The second kappa shape index (κ2) is 7.31. The topological polar surface area (TPSA) is 24.5 Å². The molecule has 1 aromatic rings. The van der Waals surface area contributed by atoms with Crippen molar-refractivity contribution in [2.24, 2.45) is 0 Å². The van der Waals surface area contributed by atoms with E-state index in [-0.39, 0.29) is 0 Å². The molecule has 1 aromatic carbocycles. The monoisotopic (exact) mass is 260 g/mol. The van der Waals surface area contributed by atoms with E-state index in [1.54, 1.807) is 6.08 Å². The summed E-state index contributed by atoms with van der Waals surface area (Å²) in [6.07, 6.45) is 4.34. The Morgan fingerprint density at radius 1 is 1.42 bits per heavy atom. The van der Waals surface area contributed by atoms with Gasteiger partial charge in [0.1, 0.15) is 12.4 Å². The van der Waals surface area contributed by atoms with Crippen molar-refractivity contribution in [3.63, 3.8) is 0 Å². The van der Waals surface area contributed by atoms with Gasteiger partial charge in [-0.15, -0.1) is 0 Å². The summed E-state index contributed by atoms with van der Waals surface area (Å²) < 4.78 is 5.47. The van der Waals surface area contributed by atoms with Crippen LogP contribution in [-0.2, 0) is 6.54 Å². The third-order valence-corrected chi connectivity index (χ3v) is 3.51. The highest BCUT2D eigenvalue weighted by Crippen LogP contribution is 2.13. The van der Waals surface area contributed by atoms with Gasteiger partial charge in [0.2, 0.25) is 0 Å². The van der Waals surface area contributed by atoms with E-state index in [0.29, 0.717) is 12.6 Å². The maximum absolute atomic E-state index is 5.47. The summed E-state index contributed by atoms with van der Waals surface area (Å²) in [7, 11) is 2.19. The maximum Gasteiger partial charge on any atom is 0.119 e. The number of ether oxygens (including phenoxy) is 1. The number of nitrogens with zero attached hydrogens (tertiary/aromatic N) is 1. The molecular weight excluding hydrogens is 236 g/mol. The van der Waals surface area contributed by atoms with E-state index in [9.17, 15) is 0 Å². The molecule has 3 heteroatoms. The van der Waals surface area contributed by atoms with Crippen molar-refractivity contribution in [2.75, 3.05) is 26.7 Å². The van der Waals surface area contributed by atoms with Crippen molar-refractivity contribution >= 4 is 0 Å². The fraction of sp³-hybridized carbons (Fsp3) is 0.500. The number of nitrogens with one attached hydrogen (secondary N) is 1. The van der Waals surface area contributed by atoms with Crippen molar-refractivity contribution in [3.05, 3.63) is 42.5 Å². The predicted molar refractivity (Wildman–Crippen MR) is 79.5 cm³/mol. The summed E-state index contributed by atoms with van der Waals surface area (Å²) in [4.78, 5) is 2.40. The molecule has 1 aliphatic rings. The van der Waals surface area contributed by atoms with Crippen LogP contribution in [0.25, 0.3) is 0 Å². The summed E-state index contributed by atoms with van der Waals surface area (Å²) in [5.41, 5.74) is 1.30. The normalized spacial score (nSPS) is 20.2. The van der Waals surface area contributed by atoms with Gasteiger partial charge in [-0.3, -0.25) is 0 Å². The van der Waals surface area contributed by atoms with Crippen LogP contribution in [0.2, 0.25) is 0 Å². The Kier molecular flexibility index (Phi) is 5.43. The van der Waals surface area contributed by atoms with Crippen LogP contribution in [-0.4, -0.2) is 37.7 Å². The van der Waals surface area contributed by atoms with Gasteiger partial charge < -0.3 is 15.0 Å². The number of likely N-dealkylation sites (N-methyl/N-ethyl adjacent to an activating group) is 1. The molecule has 0 aromatic heterocycles. The van der Waals surface area contributed by atoms with Gasteiger partial charge in [0.05, 0.1) is 0 Å². The van der Waals surface area contributed by atoms with Crippen LogP contribution < -0.4 is 10.1 Å². The fourth-order valence-corrected chi connectivity index (χ4v) is 2.45. The fourth-order valence-electron chi connectivity index (χ4n) is 2.45. The molecule has 0 bridgehead atoms. The van der Waals surface area contributed by atoms with E-state index in [0.717, 1.165) is 18.8 Å². The molecule has 104 valence electrons. The van der Waals surface area contributed by atoms with Gasteiger partial charge in [0.25, 0.3) is 0 Å². The summed E-state index contributed by atoms with van der Waals surface area (Å²) in [5.74, 6) is 0.904. The molecule has 1 atom stereocenters. The average molecular weight is 260 g/mol. The zero-order valence-corrected chi connectivity index (χ0v) is 11.8. The second-order valence-electron chi connectivity index (χ2n) is 5.23. The highest BCUT2D eigenvalue weighted by Gasteiger charge is 2.15. The van der Waals surface area contributed by atoms with Crippen LogP contribution in [0.15, 0.2) is 36.9 Å². The molecule has 0 saturated carbocycles. The summed E-state index contributed by atoms with van der Waals surface area (Å²) >= 11 is 0. The molecule has 1 N–H and O–H groups in total. The average Bonchev–Trinajstić information content (AvgIpc) is 2.44. The standard InChI is InChI=1S/C16H24N2O/c1-3-11-19-16-8-6-14(7-9-16)12-17-15-5-4-10-18(2)13-15/h3,6-9,15,17H,1,4-5,10-13H2,2H3. The molecule has 19 heavy (non-hydrogen) atoms. The number of benzene rings is 1. The summed E-state index contributed by atoms with van der Waals surface area (Å²) in [6, 6.07) is 8.91. The Morgan fingerprint density at radius 2 is 2.21 bits per heavy atom. The van der Waals surface area contributed by atoms with Crippen molar-refractivity contribution in [3.8, 4) is 5.75 Å². The van der Waals surface area contributed by atoms with Gasteiger partial charge in [-0.05, 0) is 44.1 Å². The van der Waals surface area contributed by atoms with E-state index in [1.165, 1.54) is 24.9 Å². The molecule has 1 heterocycles. The lowest BCUT2D eigenvalue weighted by Gasteiger charge is -2.30. The molecular formula is C16H24N2O. The van der Waals surface area contributed by atoms with Crippen molar-refractivity contribution in [2.45, 2.75) is 25.4 Å². The minimum absolute atomic E-state index is 0.562. The van der Waals surface area contributed by atoms with Crippen LogP contribution in [0.1, 0.15) is 18.4 Å². The van der Waals surface area contributed by atoms with Crippen molar-refractivity contribution < 1.29 is 4.74 Å². The SMILES string of the molecule is C=CCOc1ccc(CNC2CCCN(C)C2)cc1. The lowest BCUT2D eigenvalue weighted by molar-refractivity contribution is 0.226. The molecule has 0 aliphatic carbocycles. The first kappa shape index (κ1) is 14.1. The van der Waals surface area contributed by atoms with Crippen molar-refractivity contribution in [1.29, 1.82) is 0 Å². The maximum atomic E-state index is 5.47. The third kappa shape index (κ3) is 4.69. The zero-order valence-electron chi connectivity index (χ0n) is 11.8. The van der Waals surface area contributed by atoms with E-state index >= 15 is 0 Å². The molecule has 1 saturated heterocycles. The number of hydrogen-bond donors (Lipinski definition) is 1. The Hall–Kier alpha value is -1.32. The summed E-state index contributed by atoms with van der Waals surface area (Å²) in [5, 5.41) is 3.63.